The summed E-state index contributed by atoms with van der Waals surface area (Å²) in [4.78, 5) is 11.5. The molecule has 1 heterocycles. The number of rotatable bonds is 6. The highest BCUT2D eigenvalue weighted by Crippen LogP contribution is 2.06. The first-order valence-electron chi connectivity index (χ1n) is 5.33. The number of carbonyl (C=O) groups excluding carboxylic acids is 1. The molecule has 92 valence electrons. The Morgan fingerprint density at radius 1 is 1.50 bits per heavy atom. The first kappa shape index (κ1) is 15.0. The second kappa shape index (κ2) is 8.19. The topological polar surface area (TPSA) is 68.3 Å². The van der Waals surface area contributed by atoms with Crippen LogP contribution in [0.5, 0.6) is 0 Å². The van der Waals surface area contributed by atoms with Gasteiger partial charge in [-0.25, -0.2) is 0 Å². The predicted molar refractivity (Wildman–Crippen MR) is 65.7 cm³/mol. The number of unbranched alkanes of at least 4 members (excludes halogenated alkanes) is 2. The molecular weight excluding hydrogens is 228 g/mol. The third-order valence-electron chi connectivity index (χ3n) is 2.18. The van der Waals surface area contributed by atoms with Crippen LogP contribution in [0.1, 0.15) is 42.3 Å². The van der Waals surface area contributed by atoms with Gasteiger partial charge in [0.1, 0.15) is 12.0 Å². The number of furan rings is 1. The van der Waals surface area contributed by atoms with Crippen molar-refractivity contribution in [3.05, 3.63) is 23.7 Å². The van der Waals surface area contributed by atoms with E-state index in [2.05, 4.69) is 12.2 Å². The highest BCUT2D eigenvalue weighted by atomic mass is 35.5. The van der Waals surface area contributed by atoms with Crippen LogP contribution in [-0.4, -0.2) is 12.5 Å². The summed E-state index contributed by atoms with van der Waals surface area (Å²) in [6.07, 6.45) is 4.75. The van der Waals surface area contributed by atoms with Crippen molar-refractivity contribution in [2.24, 2.45) is 5.73 Å². The van der Waals surface area contributed by atoms with E-state index in [1.54, 1.807) is 6.07 Å². The summed E-state index contributed by atoms with van der Waals surface area (Å²) in [6, 6.07) is 1.68. The zero-order chi connectivity index (χ0) is 11.1. The maximum Gasteiger partial charge on any atom is 0.254 e. The van der Waals surface area contributed by atoms with E-state index in [0.29, 0.717) is 17.9 Å². The van der Waals surface area contributed by atoms with Crippen LogP contribution < -0.4 is 11.1 Å². The van der Waals surface area contributed by atoms with Gasteiger partial charge in [0, 0.05) is 6.54 Å². The first-order chi connectivity index (χ1) is 7.27. The third-order valence-corrected chi connectivity index (χ3v) is 2.18. The lowest BCUT2D eigenvalue weighted by molar-refractivity contribution is 0.0952. The van der Waals surface area contributed by atoms with Gasteiger partial charge in [-0.1, -0.05) is 19.8 Å². The number of hydrogen-bond donors (Lipinski definition) is 2. The molecule has 1 rings (SSSR count). The summed E-state index contributed by atoms with van der Waals surface area (Å²) in [5.41, 5.74) is 5.93. The summed E-state index contributed by atoms with van der Waals surface area (Å²) in [5, 5.41) is 2.83. The van der Waals surface area contributed by atoms with Gasteiger partial charge < -0.3 is 15.5 Å². The van der Waals surface area contributed by atoms with E-state index >= 15 is 0 Å². The van der Waals surface area contributed by atoms with Gasteiger partial charge in [0.05, 0.1) is 12.1 Å². The Morgan fingerprint density at radius 2 is 2.25 bits per heavy atom. The van der Waals surface area contributed by atoms with Crippen molar-refractivity contribution in [1.29, 1.82) is 0 Å². The van der Waals surface area contributed by atoms with E-state index in [1.165, 1.54) is 6.26 Å². The van der Waals surface area contributed by atoms with Gasteiger partial charge in [0.25, 0.3) is 5.91 Å². The number of carbonyl (C=O) groups is 1. The molecule has 4 nitrogen and oxygen atoms in total. The zero-order valence-electron chi connectivity index (χ0n) is 9.49. The van der Waals surface area contributed by atoms with Gasteiger partial charge in [-0.05, 0) is 12.5 Å². The van der Waals surface area contributed by atoms with Crippen LogP contribution in [0.25, 0.3) is 0 Å². The second-order valence-electron chi connectivity index (χ2n) is 3.47. The highest BCUT2D eigenvalue weighted by molar-refractivity contribution is 5.93. The lowest BCUT2D eigenvalue weighted by Gasteiger charge is -2.01. The van der Waals surface area contributed by atoms with E-state index in [4.69, 9.17) is 10.2 Å². The van der Waals surface area contributed by atoms with Crippen LogP contribution >= 0.6 is 12.4 Å². The maximum absolute atomic E-state index is 11.5. The van der Waals surface area contributed by atoms with Crippen LogP contribution in [0.15, 0.2) is 16.7 Å². The van der Waals surface area contributed by atoms with Crippen molar-refractivity contribution >= 4 is 18.3 Å². The minimum atomic E-state index is -0.0884. The fourth-order valence-corrected chi connectivity index (χ4v) is 1.29. The quantitative estimate of drug-likeness (QED) is 0.755. The van der Waals surface area contributed by atoms with Crippen molar-refractivity contribution in [2.45, 2.75) is 32.7 Å². The standard InChI is InChI=1S/C11H18N2O2.ClH/c1-2-3-4-5-13-11(14)9-6-10(7-12)15-8-9;/h6,8H,2-5,7,12H2,1H3,(H,13,14);1H. The molecule has 0 radical (unpaired) electrons. The van der Waals surface area contributed by atoms with Crippen LogP contribution in [0.3, 0.4) is 0 Å². The van der Waals surface area contributed by atoms with Crippen molar-refractivity contribution in [1.82, 2.24) is 5.32 Å². The molecule has 0 unspecified atom stereocenters. The Labute approximate surface area is 102 Å². The molecule has 0 aliphatic carbocycles. The first-order valence-corrected chi connectivity index (χ1v) is 5.33. The average molecular weight is 247 g/mol. The van der Waals surface area contributed by atoms with Gasteiger partial charge in [-0.3, -0.25) is 4.79 Å². The number of halogens is 1. The number of nitrogens with two attached hydrogens (primary N) is 1. The van der Waals surface area contributed by atoms with Crippen LogP contribution in [0.2, 0.25) is 0 Å². The molecule has 0 aliphatic rings. The Balaban J connectivity index is 0.00000225. The molecule has 0 spiro atoms. The van der Waals surface area contributed by atoms with Crippen molar-refractivity contribution < 1.29 is 9.21 Å². The zero-order valence-corrected chi connectivity index (χ0v) is 10.3. The molecule has 16 heavy (non-hydrogen) atoms. The van der Waals surface area contributed by atoms with Crippen LogP contribution in [0.4, 0.5) is 0 Å². The van der Waals surface area contributed by atoms with Gasteiger partial charge in [-0.15, -0.1) is 12.4 Å². The lowest BCUT2D eigenvalue weighted by atomic mass is 10.2. The lowest BCUT2D eigenvalue weighted by Crippen LogP contribution is -2.23. The molecule has 0 bridgehead atoms. The van der Waals surface area contributed by atoms with Crippen molar-refractivity contribution in [3.63, 3.8) is 0 Å². The smallest absolute Gasteiger partial charge is 0.254 e. The van der Waals surface area contributed by atoms with E-state index < -0.39 is 0 Å². The molecule has 0 fully saturated rings. The van der Waals surface area contributed by atoms with Gasteiger partial charge in [0.2, 0.25) is 0 Å². The third kappa shape index (κ3) is 4.68. The normalized spacial score (nSPS) is 9.62. The minimum absolute atomic E-state index is 0. The van der Waals surface area contributed by atoms with E-state index in [9.17, 15) is 4.79 Å². The van der Waals surface area contributed by atoms with Crippen LogP contribution in [-0.2, 0) is 6.54 Å². The Bertz CT molecular complexity index is 313. The number of nitrogens with one attached hydrogen (secondary N) is 1. The highest BCUT2D eigenvalue weighted by Gasteiger charge is 2.08. The van der Waals surface area contributed by atoms with E-state index in [0.717, 1.165) is 25.8 Å². The Morgan fingerprint density at radius 3 is 2.81 bits per heavy atom. The van der Waals surface area contributed by atoms with E-state index in [1.807, 2.05) is 0 Å². The molecule has 5 heteroatoms. The summed E-state index contributed by atoms with van der Waals surface area (Å²) >= 11 is 0. The summed E-state index contributed by atoms with van der Waals surface area (Å²) < 4.78 is 5.08. The fourth-order valence-electron chi connectivity index (χ4n) is 1.29. The van der Waals surface area contributed by atoms with Crippen molar-refractivity contribution in [2.75, 3.05) is 6.54 Å². The molecule has 1 aromatic heterocycles. The molecule has 0 atom stereocenters. The largest absolute Gasteiger partial charge is 0.467 e. The SMILES string of the molecule is CCCCCNC(=O)c1coc(CN)c1.Cl. The van der Waals surface area contributed by atoms with Crippen molar-refractivity contribution in [3.8, 4) is 0 Å². The predicted octanol–water partition coefficient (Wildman–Crippen LogP) is 2.08. The molecule has 1 aromatic rings. The Hall–Kier alpha value is -1.00. The maximum atomic E-state index is 11.5. The molecule has 0 aliphatic heterocycles. The summed E-state index contributed by atoms with van der Waals surface area (Å²) in [6.45, 7) is 3.17. The molecule has 3 N–H and O–H groups in total. The summed E-state index contributed by atoms with van der Waals surface area (Å²) in [5.74, 6) is 0.545. The molecule has 0 saturated carbocycles. The fraction of sp³-hybridized carbons (Fsp3) is 0.545. The monoisotopic (exact) mass is 246 g/mol. The number of hydrogen-bond acceptors (Lipinski definition) is 3. The average Bonchev–Trinajstić information content (AvgIpc) is 2.72. The molecule has 0 saturated heterocycles. The van der Waals surface area contributed by atoms with Gasteiger partial charge in [-0.2, -0.15) is 0 Å². The molecule has 0 aromatic carbocycles. The van der Waals surface area contributed by atoms with Gasteiger partial charge in [0.15, 0.2) is 0 Å². The Kier molecular flexibility index (Phi) is 7.68. The molecular formula is C11H19ClN2O2. The molecule has 1 amide bonds. The summed E-state index contributed by atoms with van der Waals surface area (Å²) in [7, 11) is 0. The second-order valence-corrected chi connectivity index (χ2v) is 3.47. The van der Waals surface area contributed by atoms with E-state index in [-0.39, 0.29) is 18.3 Å². The minimum Gasteiger partial charge on any atom is -0.467 e. The van der Waals surface area contributed by atoms with Crippen LogP contribution in [0, 0.1) is 0 Å². The number of amides is 1. The van der Waals surface area contributed by atoms with Gasteiger partial charge >= 0.3 is 0 Å².